The third-order valence-electron chi connectivity index (χ3n) is 22.1. The van der Waals surface area contributed by atoms with Crippen LogP contribution in [0, 0.1) is 23.7 Å². The van der Waals surface area contributed by atoms with Crippen molar-refractivity contribution < 1.29 is 129 Å². The first kappa shape index (κ1) is 116. The summed E-state index contributed by atoms with van der Waals surface area (Å²) in [7, 11) is -26.0. The minimum absolute atomic E-state index is 0.106. The van der Waals surface area contributed by atoms with Gasteiger partial charge in [-0.1, -0.05) is 65.5 Å². The predicted molar refractivity (Wildman–Crippen MR) is 500 cm³/mol. The number of carboxylic acids is 1. The lowest BCUT2D eigenvalue weighted by Crippen LogP contribution is -2.55. The number of nitrogens with one attached hydrogen (secondary N) is 7. The lowest BCUT2D eigenvalue weighted by Gasteiger charge is -2.54. The molecule has 2 aromatic heterocycles. The molecule has 742 valence electrons. The lowest BCUT2D eigenvalue weighted by molar-refractivity contribution is -0.122. The number of hydrogen-bond donors (Lipinski definition) is 19. The molecular formula is C80H138BrN11O29S8. The Bertz CT molecular complexity index is 5220. The van der Waals surface area contributed by atoms with E-state index in [-0.39, 0.29) is 59.5 Å². The highest BCUT2D eigenvalue weighted by molar-refractivity contribution is 9.10. The fourth-order valence-corrected chi connectivity index (χ4v) is 20.6. The maximum atomic E-state index is 11.7. The summed E-state index contributed by atoms with van der Waals surface area (Å²) >= 11 is 3.52. The van der Waals surface area contributed by atoms with Gasteiger partial charge in [-0.15, -0.1) is 0 Å². The molecule has 4 heterocycles. The number of aromatic amines is 2. The van der Waals surface area contributed by atoms with Gasteiger partial charge in [-0.2, -0.15) is 67.3 Å². The van der Waals surface area contributed by atoms with Gasteiger partial charge < -0.3 is 62.5 Å². The number of nitrogens with two attached hydrogens (primary N) is 1. The smallest absolute Gasteiger partial charge is 0.335 e. The Kier molecular flexibility index (Phi) is 49.3. The fraction of sp³-hybridized carbons (Fsp3) is 0.700. The second-order valence-corrected chi connectivity index (χ2v) is 48.5. The van der Waals surface area contributed by atoms with Crippen molar-refractivity contribution >= 4 is 131 Å². The van der Waals surface area contributed by atoms with Crippen molar-refractivity contribution in [2.75, 3.05) is 127 Å². The first-order valence-electron chi connectivity index (χ1n) is 42.8. The number of hydrogen-bond acceptors (Lipinski definition) is 28. The summed E-state index contributed by atoms with van der Waals surface area (Å²) in [6.07, 6.45) is 16.0. The first-order valence-corrected chi connectivity index (χ1v) is 56.4. The van der Waals surface area contributed by atoms with E-state index in [0.717, 1.165) is 97.0 Å². The van der Waals surface area contributed by atoms with Gasteiger partial charge >= 0.3 is 5.97 Å². The number of carboxylic acid groups (broad SMARTS) is 1. The van der Waals surface area contributed by atoms with E-state index in [0.29, 0.717) is 82.1 Å². The Labute approximate surface area is 769 Å². The Morgan fingerprint density at radius 3 is 1.47 bits per heavy atom. The molecule has 20 N–H and O–H groups in total. The van der Waals surface area contributed by atoms with Crippen molar-refractivity contribution in [3.05, 3.63) is 105 Å². The molecule has 5 aromatic rings. The van der Waals surface area contributed by atoms with E-state index in [1.54, 1.807) is 44.2 Å². The number of carbonyl (C=O) groups excluding carboxylic acids is 1. The van der Waals surface area contributed by atoms with E-state index >= 15 is 0 Å². The van der Waals surface area contributed by atoms with Crippen molar-refractivity contribution in [1.29, 1.82) is 0 Å². The molecule has 4 bridgehead atoms. The van der Waals surface area contributed by atoms with Crippen LogP contribution >= 0.6 is 15.9 Å². The first-order chi connectivity index (χ1) is 59.6. The maximum Gasteiger partial charge on any atom is 0.335 e. The fourth-order valence-electron chi connectivity index (χ4n) is 16.0. The summed E-state index contributed by atoms with van der Waals surface area (Å²) in [5.41, 5.74) is 13.8. The summed E-state index contributed by atoms with van der Waals surface area (Å²) in [6.45, 7) is 14.3. The van der Waals surface area contributed by atoms with Crippen LogP contribution in [-0.2, 0) is 118 Å². The second-order valence-electron chi connectivity index (χ2n) is 34.9. The van der Waals surface area contributed by atoms with Gasteiger partial charge in [-0.05, 0) is 255 Å². The van der Waals surface area contributed by atoms with E-state index in [9.17, 15) is 87.1 Å². The molecule has 3 aromatic carbocycles. The van der Waals surface area contributed by atoms with Crippen LogP contribution in [0.5, 0.6) is 0 Å². The number of rotatable bonds is 38. The molecule has 2 aliphatic heterocycles. The molecule has 129 heavy (non-hydrogen) atoms. The number of nitrogens with zero attached hydrogens (tertiary/aromatic N) is 3. The van der Waals surface area contributed by atoms with Crippen LogP contribution in [-0.4, -0.2) is 324 Å². The number of halogens is 1. The zero-order chi connectivity index (χ0) is 97.1. The minimum Gasteiger partial charge on any atom is -0.478 e. The van der Waals surface area contributed by atoms with Gasteiger partial charge in [0.15, 0.2) is 0 Å². The molecule has 4 atom stereocenters. The number of amides is 1. The average molecular weight is 2050 g/mol. The predicted octanol–water partition coefficient (Wildman–Crippen LogP) is 5.18. The van der Waals surface area contributed by atoms with Gasteiger partial charge in [-0.3, -0.25) is 51.0 Å². The third-order valence-corrected chi connectivity index (χ3v) is 29.3. The lowest BCUT2D eigenvalue weighted by atomic mass is 9.54. The highest BCUT2D eigenvalue weighted by atomic mass is 79.9. The molecule has 49 heteroatoms. The third kappa shape index (κ3) is 51.5. The summed E-state index contributed by atoms with van der Waals surface area (Å²) in [5.74, 6) is -0.545. The number of aromatic carboxylic acids is 1. The van der Waals surface area contributed by atoms with Crippen LogP contribution in [0.2, 0.25) is 0 Å². The normalized spacial score (nSPS) is 19.5. The Morgan fingerprint density at radius 2 is 1.03 bits per heavy atom. The summed E-state index contributed by atoms with van der Waals surface area (Å²) in [4.78, 5) is 35.9. The van der Waals surface area contributed by atoms with Gasteiger partial charge in [-0.25, -0.2) is 4.79 Å². The number of H-pyrrole nitrogens is 2. The monoisotopic (exact) mass is 2050 g/mol. The van der Waals surface area contributed by atoms with Crippen LogP contribution in [0.15, 0.2) is 71.2 Å². The molecule has 7 aliphatic rings. The number of carbonyl (C=O) groups is 2. The van der Waals surface area contributed by atoms with Gasteiger partial charge in [0.05, 0.1) is 57.8 Å². The topological polar surface area (TPSA) is 657 Å². The highest BCUT2D eigenvalue weighted by Crippen LogP contribution is 2.53. The number of aliphatic hydroxyl groups excluding tert-OH is 2. The average Bonchev–Trinajstić information content (AvgIpc) is 1.58. The second kappa shape index (κ2) is 54.7. The zero-order valence-electron chi connectivity index (χ0n) is 74.3. The molecule has 4 unspecified atom stereocenters. The molecule has 12 rings (SSSR count). The van der Waals surface area contributed by atoms with Crippen LogP contribution < -0.4 is 32.3 Å². The van der Waals surface area contributed by atoms with Crippen molar-refractivity contribution in [3.63, 3.8) is 0 Å². The molecule has 40 nitrogen and oxygen atoms in total. The van der Waals surface area contributed by atoms with E-state index < -0.39 is 128 Å². The Hall–Kier alpha value is -4.96. The number of fused-ring (bicyclic) bond motifs is 6. The van der Waals surface area contributed by atoms with E-state index in [1.807, 2.05) is 57.2 Å². The largest absolute Gasteiger partial charge is 0.478 e. The van der Waals surface area contributed by atoms with Crippen molar-refractivity contribution in [1.82, 2.24) is 51.3 Å². The van der Waals surface area contributed by atoms with Gasteiger partial charge in [0.2, 0.25) is 5.91 Å². The standard InChI is InChI=1S/C16H20N2O5S.C15H19BrN2O3S.C13H23NO4S.C12H18N2O5S.C10H21NO3S.C6H15NO3S.2C4H11NO3S/c19-16(20)11-3-4-14-13(9-11)12-5-7-18(10-15(12)17-14)6-1-2-8-24(21,22)23;16-11-3-4-14-13(9-11)12-5-7-18(10-15(12)17-14)6-1-2-8-22(19,20)21;15-12(7-19(16,17)18)6-14-13-10-2-8-1-9(4-10)5-11(13)3-8;13-11(6-9-4-2-1-3-5-9)12(16)14-7-10(15)8-20(17,18)19;1-9(15(12,13)14)7-8-11-10-5-3-2-4-6-10;1-6(2,3)7-4-5-11(8,9)10;1-5(2)3-4-9(6,7)8;1-5-3-2-4-9(6,7)8/h3-4,9,17H,1-2,5-8,10H2,(H,19,20)(H,21,22,23);3-4,9,17H,1-2,5-8,10H2,(H,19,20,21);8-15H,1-7H2,(H,16,17,18);1-5,10-11,15H,6-8,13H2,(H,14,16)(H,17,18,19);9-11H,2-8H2,1H3,(H,12,13,14);7H,4-5H2,1-3H3,(H,8,9,10);3-4H2,1-2H3,(H,6,7,8);5H,2-4H2,1H3,(H,6,7,8). The molecule has 0 spiro atoms. The Morgan fingerprint density at radius 1 is 0.566 bits per heavy atom. The van der Waals surface area contributed by atoms with E-state index in [2.05, 4.69) is 74.4 Å². The molecular weight excluding hydrogens is 1920 g/mol. The van der Waals surface area contributed by atoms with Crippen LogP contribution in [0.3, 0.4) is 0 Å². The van der Waals surface area contributed by atoms with E-state index in [1.165, 1.54) is 98.9 Å². The minimum atomic E-state index is -4.27. The quantitative estimate of drug-likeness (QED) is 0.0179. The van der Waals surface area contributed by atoms with Crippen LogP contribution in [0.25, 0.3) is 21.8 Å². The van der Waals surface area contributed by atoms with Crippen molar-refractivity contribution in [2.45, 2.75) is 204 Å². The number of unbranched alkanes of at least 4 members (excludes halogenated alkanes) is 2. The molecule has 0 saturated heterocycles. The SMILES string of the molecule is CC(C)(C)NCCS(=O)(=O)O.CC(CCNC1CCCCC1)S(=O)(=O)O.CN(C)CCS(=O)(=O)O.CNCCCS(=O)(=O)O.NC(Cc1ccccc1)C(=O)NCC(O)CS(=O)(=O)O.O=C(O)c1ccc2[nH]c3c(c2c1)CCN(CCCCS(=O)(=O)O)C3.O=S(=O)(O)CC(O)CNC1C2CC3CC(C2)CC1C3.O=S(=O)(O)CCCCN1CCc2c([nH]c3ccc(Br)cc23)C1. The highest BCUT2D eigenvalue weighted by Gasteiger charge is 2.48. The molecule has 0 radical (unpaired) electrons. The Balaban J connectivity index is 0.000000316. The summed E-state index contributed by atoms with van der Waals surface area (Å²) < 4.78 is 237. The van der Waals surface area contributed by atoms with Gasteiger partial charge in [0.25, 0.3) is 80.9 Å². The van der Waals surface area contributed by atoms with Crippen molar-refractivity contribution in [2.24, 2.45) is 29.4 Å². The van der Waals surface area contributed by atoms with E-state index in [4.69, 9.17) is 47.3 Å². The molecule has 5 saturated carbocycles. The molecule has 5 aliphatic carbocycles. The number of benzene rings is 3. The van der Waals surface area contributed by atoms with Crippen LogP contribution in [0.4, 0.5) is 0 Å². The van der Waals surface area contributed by atoms with Gasteiger partial charge in [0, 0.05) is 108 Å². The summed E-state index contributed by atoms with van der Waals surface area (Å²) in [6, 6.07) is 20.8. The van der Waals surface area contributed by atoms with Crippen LogP contribution in [0.1, 0.15) is 169 Å². The molecule has 5 fully saturated rings. The zero-order valence-corrected chi connectivity index (χ0v) is 82.4. The summed E-state index contributed by atoms with van der Waals surface area (Å²) in [5, 5.41) is 44.4. The number of aromatic nitrogens is 2. The number of aliphatic hydroxyl groups is 2. The maximum absolute atomic E-state index is 11.7. The molecule has 1 amide bonds. The van der Waals surface area contributed by atoms with Gasteiger partial charge in [0.1, 0.15) is 11.5 Å². The van der Waals surface area contributed by atoms with Crippen molar-refractivity contribution in [3.8, 4) is 0 Å².